The lowest BCUT2D eigenvalue weighted by molar-refractivity contribution is 0.174. The summed E-state index contributed by atoms with van der Waals surface area (Å²) in [7, 11) is 1.57. The Morgan fingerprint density at radius 1 is 1.30 bits per heavy atom. The normalized spacial score (nSPS) is 12.2. The summed E-state index contributed by atoms with van der Waals surface area (Å²) in [6.07, 6.45) is 0.980. The largest absolute Gasteiger partial charge is 0.481 e. The topological polar surface area (TPSA) is 54.4 Å². The minimum atomic E-state index is -0.682. The smallest absolute Gasteiger partial charge is 0.217 e. The highest BCUT2D eigenvalue weighted by atomic mass is 19.1. The Morgan fingerprint density at radius 3 is 2.75 bits per heavy atom. The van der Waals surface area contributed by atoms with Crippen molar-refractivity contribution in [3.63, 3.8) is 0 Å². The van der Waals surface area contributed by atoms with Gasteiger partial charge < -0.3 is 15.2 Å². The zero-order valence-corrected chi connectivity index (χ0v) is 11.2. The number of ether oxygens (including phenoxy) is 1. The molecule has 2 aromatic rings. The first kappa shape index (κ1) is 14.4. The predicted molar refractivity (Wildman–Crippen MR) is 73.9 cm³/mol. The second-order valence-corrected chi connectivity index (χ2v) is 4.37. The van der Waals surface area contributed by atoms with E-state index in [0.717, 1.165) is 5.56 Å². The van der Waals surface area contributed by atoms with Crippen molar-refractivity contribution >= 4 is 0 Å². The Labute approximate surface area is 117 Å². The summed E-state index contributed by atoms with van der Waals surface area (Å²) >= 11 is 0. The Bertz CT molecular complexity index is 546. The van der Waals surface area contributed by atoms with Crippen LogP contribution in [0.3, 0.4) is 0 Å². The van der Waals surface area contributed by atoms with Crippen LogP contribution in [-0.2, 0) is 6.54 Å². The molecule has 5 heteroatoms. The second kappa shape index (κ2) is 6.98. The number of aliphatic hydroxyl groups is 1. The summed E-state index contributed by atoms with van der Waals surface area (Å²) in [4.78, 5) is 4.10. The monoisotopic (exact) mass is 276 g/mol. The van der Waals surface area contributed by atoms with Crippen molar-refractivity contribution in [3.8, 4) is 5.88 Å². The number of rotatable bonds is 6. The van der Waals surface area contributed by atoms with Crippen molar-refractivity contribution in [2.24, 2.45) is 0 Å². The molecule has 1 atom stereocenters. The highest BCUT2D eigenvalue weighted by Gasteiger charge is 2.08. The quantitative estimate of drug-likeness (QED) is 0.848. The maximum Gasteiger partial charge on any atom is 0.217 e. The van der Waals surface area contributed by atoms with E-state index in [-0.39, 0.29) is 5.82 Å². The number of benzene rings is 1. The number of aromatic nitrogens is 1. The molecule has 0 fully saturated rings. The van der Waals surface area contributed by atoms with Crippen LogP contribution in [0.4, 0.5) is 4.39 Å². The SMILES string of the molecule is COc1ncccc1CNCC(O)c1ccc(F)cc1. The van der Waals surface area contributed by atoms with Gasteiger partial charge in [-0.3, -0.25) is 0 Å². The fraction of sp³-hybridized carbons (Fsp3) is 0.267. The number of methoxy groups -OCH3 is 1. The van der Waals surface area contributed by atoms with E-state index in [4.69, 9.17) is 4.74 Å². The molecule has 0 aliphatic rings. The van der Waals surface area contributed by atoms with E-state index in [2.05, 4.69) is 10.3 Å². The molecule has 0 aliphatic heterocycles. The highest BCUT2D eigenvalue weighted by Crippen LogP contribution is 2.15. The molecule has 1 aromatic heterocycles. The van der Waals surface area contributed by atoms with Gasteiger partial charge >= 0.3 is 0 Å². The first-order valence-electron chi connectivity index (χ1n) is 6.33. The molecule has 1 unspecified atom stereocenters. The maximum absolute atomic E-state index is 12.8. The molecule has 2 rings (SSSR count). The molecular weight excluding hydrogens is 259 g/mol. The number of hydrogen-bond acceptors (Lipinski definition) is 4. The van der Waals surface area contributed by atoms with Gasteiger partial charge in [-0.2, -0.15) is 0 Å². The first-order chi connectivity index (χ1) is 9.70. The van der Waals surface area contributed by atoms with Crippen LogP contribution in [-0.4, -0.2) is 23.7 Å². The third-order valence-corrected chi connectivity index (χ3v) is 2.95. The van der Waals surface area contributed by atoms with Gasteiger partial charge in [-0.1, -0.05) is 18.2 Å². The van der Waals surface area contributed by atoms with E-state index in [9.17, 15) is 9.50 Å². The molecular formula is C15H17FN2O2. The van der Waals surface area contributed by atoms with E-state index < -0.39 is 6.10 Å². The van der Waals surface area contributed by atoms with Gasteiger partial charge in [0.15, 0.2) is 0 Å². The number of hydrogen-bond donors (Lipinski definition) is 2. The maximum atomic E-state index is 12.8. The summed E-state index contributed by atoms with van der Waals surface area (Å²) in [6.45, 7) is 0.902. The van der Waals surface area contributed by atoms with Crippen LogP contribution in [0.15, 0.2) is 42.6 Å². The van der Waals surface area contributed by atoms with Crippen molar-refractivity contribution < 1.29 is 14.2 Å². The number of nitrogens with one attached hydrogen (secondary N) is 1. The van der Waals surface area contributed by atoms with Gasteiger partial charge in [0.05, 0.1) is 13.2 Å². The lowest BCUT2D eigenvalue weighted by Gasteiger charge is -2.13. The molecule has 2 N–H and O–H groups in total. The Kier molecular flexibility index (Phi) is 5.03. The summed E-state index contributed by atoms with van der Waals surface area (Å²) in [5, 5.41) is 13.1. The van der Waals surface area contributed by atoms with Crippen LogP contribution in [0.25, 0.3) is 0 Å². The Hall–Kier alpha value is -1.98. The van der Waals surface area contributed by atoms with Crippen LogP contribution in [0.1, 0.15) is 17.2 Å². The van der Waals surface area contributed by atoms with E-state index in [1.807, 2.05) is 12.1 Å². The molecule has 1 aromatic carbocycles. The van der Waals surface area contributed by atoms with E-state index in [1.54, 1.807) is 25.4 Å². The molecule has 106 valence electrons. The minimum Gasteiger partial charge on any atom is -0.481 e. The average Bonchev–Trinajstić information content (AvgIpc) is 2.48. The predicted octanol–water partition coefficient (Wildman–Crippen LogP) is 2.05. The Morgan fingerprint density at radius 2 is 2.05 bits per heavy atom. The third kappa shape index (κ3) is 3.76. The number of halogens is 1. The van der Waals surface area contributed by atoms with Crippen molar-refractivity contribution in [2.45, 2.75) is 12.6 Å². The van der Waals surface area contributed by atoms with E-state index >= 15 is 0 Å². The summed E-state index contributed by atoms with van der Waals surface area (Å²) in [5.41, 5.74) is 1.60. The average molecular weight is 276 g/mol. The van der Waals surface area contributed by atoms with Crippen LogP contribution in [0, 0.1) is 5.82 Å². The van der Waals surface area contributed by atoms with E-state index in [0.29, 0.717) is 24.5 Å². The third-order valence-electron chi connectivity index (χ3n) is 2.95. The minimum absolute atomic E-state index is 0.311. The van der Waals surface area contributed by atoms with Crippen molar-refractivity contribution in [1.82, 2.24) is 10.3 Å². The fourth-order valence-corrected chi connectivity index (χ4v) is 1.89. The second-order valence-electron chi connectivity index (χ2n) is 4.37. The number of pyridine rings is 1. The fourth-order valence-electron chi connectivity index (χ4n) is 1.89. The van der Waals surface area contributed by atoms with Crippen LogP contribution >= 0.6 is 0 Å². The lowest BCUT2D eigenvalue weighted by atomic mass is 10.1. The molecule has 1 heterocycles. The first-order valence-corrected chi connectivity index (χ1v) is 6.33. The molecule has 0 saturated heterocycles. The van der Waals surface area contributed by atoms with Gasteiger partial charge in [-0.05, 0) is 23.8 Å². The molecule has 0 radical (unpaired) electrons. The van der Waals surface area contributed by atoms with Crippen molar-refractivity contribution in [2.75, 3.05) is 13.7 Å². The standard InChI is InChI=1S/C15H17FN2O2/c1-20-15-12(3-2-8-18-15)9-17-10-14(19)11-4-6-13(16)7-5-11/h2-8,14,17,19H,9-10H2,1H3. The zero-order chi connectivity index (χ0) is 14.4. The van der Waals surface area contributed by atoms with Crippen LogP contribution < -0.4 is 10.1 Å². The zero-order valence-electron chi connectivity index (χ0n) is 11.2. The number of aliphatic hydroxyl groups excluding tert-OH is 1. The van der Waals surface area contributed by atoms with Gasteiger partial charge in [0, 0.05) is 24.8 Å². The molecule has 0 bridgehead atoms. The Balaban J connectivity index is 1.87. The van der Waals surface area contributed by atoms with Crippen LogP contribution in [0.5, 0.6) is 5.88 Å². The lowest BCUT2D eigenvalue weighted by Crippen LogP contribution is -2.21. The molecule has 0 aliphatic carbocycles. The van der Waals surface area contributed by atoms with Gasteiger partial charge in [0.2, 0.25) is 5.88 Å². The summed E-state index contributed by atoms with van der Waals surface area (Å²) < 4.78 is 17.9. The van der Waals surface area contributed by atoms with Crippen molar-refractivity contribution in [3.05, 3.63) is 59.5 Å². The van der Waals surface area contributed by atoms with Crippen molar-refractivity contribution in [1.29, 1.82) is 0 Å². The number of nitrogens with zero attached hydrogens (tertiary/aromatic N) is 1. The molecule has 0 spiro atoms. The van der Waals surface area contributed by atoms with Crippen LogP contribution in [0.2, 0.25) is 0 Å². The highest BCUT2D eigenvalue weighted by molar-refractivity contribution is 5.25. The van der Waals surface area contributed by atoms with Gasteiger partial charge in [-0.25, -0.2) is 9.37 Å². The summed E-state index contributed by atoms with van der Waals surface area (Å²) in [6, 6.07) is 9.56. The van der Waals surface area contributed by atoms with Gasteiger partial charge in [0.1, 0.15) is 5.82 Å². The van der Waals surface area contributed by atoms with E-state index in [1.165, 1.54) is 12.1 Å². The van der Waals surface area contributed by atoms with Gasteiger partial charge in [-0.15, -0.1) is 0 Å². The molecule has 0 amide bonds. The summed E-state index contributed by atoms with van der Waals surface area (Å²) in [5.74, 6) is 0.255. The molecule has 4 nitrogen and oxygen atoms in total. The molecule has 0 saturated carbocycles. The van der Waals surface area contributed by atoms with Gasteiger partial charge in [0.25, 0.3) is 0 Å². The molecule has 20 heavy (non-hydrogen) atoms.